The van der Waals surface area contributed by atoms with Gasteiger partial charge >= 0.3 is 0 Å². The molecule has 0 unspecified atom stereocenters. The summed E-state index contributed by atoms with van der Waals surface area (Å²) in [4.78, 5) is 21.6. The van der Waals surface area contributed by atoms with E-state index in [-0.39, 0.29) is 23.7 Å². The van der Waals surface area contributed by atoms with E-state index in [2.05, 4.69) is 5.32 Å². The molecule has 1 fully saturated rings. The molecule has 56 valence electrons. The maximum absolute atomic E-state index is 10.9. The van der Waals surface area contributed by atoms with E-state index in [0.717, 1.165) is 0 Å². The maximum Gasteiger partial charge on any atom is 0.229 e. The Labute approximate surface area is 59.8 Å². The van der Waals surface area contributed by atoms with Crippen LogP contribution < -0.4 is 5.32 Å². The van der Waals surface area contributed by atoms with Gasteiger partial charge in [0, 0.05) is 12.3 Å². The van der Waals surface area contributed by atoms with Crippen LogP contribution in [-0.2, 0) is 9.59 Å². The number of nitrogens with one attached hydrogen (secondary N) is 1. The van der Waals surface area contributed by atoms with Crippen molar-refractivity contribution in [3.05, 3.63) is 0 Å². The molecule has 1 N–H and O–H groups in total. The lowest BCUT2D eigenvalue weighted by Crippen LogP contribution is -2.43. The number of hydrogen-bond acceptors (Lipinski definition) is 2. The standard InChI is InChI=1S/C7H11NO2/c1-4-3-6(9)8-7(10)5(4)2/h4-5H,3H2,1-2H3,(H,8,9,10)/t4-,5+/m1/s1. The molecule has 0 spiro atoms. The number of rotatable bonds is 0. The number of amides is 2. The topological polar surface area (TPSA) is 46.2 Å². The van der Waals surface area contributed by atoms with Crippen LogP contribution in [0.2, 0.25) is 0 Å². The molecule has 0 aromatic rings. The molecule has 10 heavy (non-hydrogen) atoms. The Morgan fingerprint density at radius 2 is 2.00 bits per heavy atom. The second kappa shape index (κ2) is 2.40. The first-order chi connectivity index (χ1) is 4.61. The van der Waals surface area contributed by atoms with Gasteiger partial charge in [0.2, 0.25) is 11.8 Å². The summed E-state index contributed by atoms with van der Waals surface area (Å²) in [5.74, 6) is -0.0988. The van der Waals surface area contributed by atoms with Gasteiger partial charge in [-0.3, -0.25) is 14.9 Å². The zero-order valence-electron chi connectivity index (χ0n) is 6.18. The SMILES string of the molecule is C[C@@H]1CC(=O)NC(=O)[C@H]1C. The minimum atomic E-state index is -0.143. The van der Waals surface area contributed by atoms with Crippen LogP contribution in [0, 0.1) is 11.8 Å². The molecule has 2 amide bonds. The summed E-state index contributed by atoms with van der Waals surface area (Å²) >= 11 is 0. The van der Waals surface area contributed by atoms with Gasteiger partial charge in [-0.25, -0.2) is 0 Å². The number of hydrogen-bond donors (Lipinski definition) is 1. The van der Waals surface area contributed by atoms with Crippen LogP contribution in [0.5, 0.6) is 0 Å². The first kappa shape index (κ1) is 7.25. The third-order valence-corrected chi connectivity index (χ3v) is 2.04. The van der Waals surface area contributed by atoms with E-state index in [9.17, 15) is 9.59 Å². The molecule has 0 aliphatic carbocycles. The van der Waals surface area contributed by atoms with Crippen molar-refractivity contribution in [3.63, 3.8) is 0 Å². The quantitative estimate of drug-likeness (QED) is 0.493. The summed E-state index contributed by atoms with van der Waals surface area (Å²) < 4.78 is 0. The van der Waals surface area contributed by atoms with Crippen molar-refractivity contribution in [1.82, 2.24) is 5.32 Å². The van der Waals surface area contributed by atoms with Gasteiger partial charge in [0.1, 0.15) is 0 Å². The molecule has 1 aliphatic heterocycles. The van der Waals surface area contributed by atoms with Crippen molar-refractivity contribution >= 4 is 11.8 Å². The highest BCUT2D eigenvalue weighted by Gasteiger charge is 2.28. The van der Waals surface area contributed by atoms with Crippen molar-refractivity contribution in [2.75, 3.05) is 0 Å². The Morgan fingerprint density at radius 1 is 1.40 bits per heavy atom. The molecule has 3 heteroatoms. The summed E-state index contributed by atoms with van der Waals surface area (Å²) in [5.41, 5.74) is 0. The number of imide groups is 1. The smallest absolute Gasteiger partial charge is 0.229 e. The van der Waals surface area contributed by atoms with Gasteiger partial charge in [-0.05, 0) is 5.92 Å². The highest BCUT2D eigenvalue weighted by atomic mass is 16.2. The molecule has 1 aliphatic rings. The van der Waals surface area contributed by atoms with E-state index in [1.54, 1.807) is 0 Å². The number of piperidine rings is 1. The zero-order valence-corrected chi connectivity index (χ0v) is 6.18. The van der Waals surface area contributed by atoms with Crippen LogP contribution in [-0.4, -0.2) is 11.8 Å². The summed E-state index contributed by atoms with van der Waals surface area (Å²) in [7, 11) is 0. The summed E-state index contributed by atoms with van der Waals surface area (Å²) in [5, 5.41) is 2.28. The second-order valence-electron chi connectivity index (χ2n) is 2.88. The summed E-state index contributed by atoms with van der Waals surface area (Å²) in [6.45, 7) is 3.76. The van der Waals surface area contributed by atoms with Crippen molar-refractivity contribution < 1.29 is 9.59 Å². The molecular weight excluding hydrogens is 130 g/mol. The van der Waals surface area contributed by atoms with E-state index in [1.165, 1.54) is 0 Å². The molecule has 1 heterocycles. The van der Waals surface area contributed by atoms with Gasteiger partial charge in [0.25, 0.3) is 0 Å². The molecule has 0 aromatic heterocycles. The van der Waals surface area contributed by atoms with E-state index in [4.69, 9.17) is 0 Å². The van der Waals surface area contributed by atoms with Gasteiger partial charge in [0.15, 0.2) is 0 Å². The first-order valence-corrected chi connectivity index (χ1v) is 3.45. The number of carbonyl (C=O) groups excluding carboxylic acids is 2. The van der Waals surface area contributed by atoms with Crippen molar-refractivity contribution in [1.29, 1.82) is 0 Å². The lowest BCUT2D eigenvalue weighted by Gasteiger charge is -2.23. The highest BCUT2D eigenvalue weighted by molar-refractivity contribution is 5.98. The molecule has 1 rings (SSSR count). The van der Waals surface area contributed by atoms with Gasteiger partial charge in [-0.15, -0.1) is 0 Å². The molecule has 0 aromatic carbocycles. The van der Waals surface area contributed by atoms with Gasteiger partial charge in [-0.1, -0.05) is 13.8 Å². The van der Waals surface area contributed by atoms with Crippen LogP contribution in [0.1, 0.15) is 20.3 Å². The first-order valence-electron chi connectivity index (χ1n) is 3.45. The number of carbonyl (C=O) groups is 2. The Morgan fingerprint density at radius 3 is 2.50 bits per heavy atom. The molecule has 1 saturated heterocycles. The van der Waals surface area contributed by atoms with E-state index >= 15 is 0 Å². The third kappa shape index (κ3) is 1.17. The zero-order chi connectivity index (χ0) is 7.72. The van der Waals surface area contributed by atoms with Crippen LogP contribution in [0.25, 0.3) is 0 Å². The summed E-state index contributed by atoms with van der Waals surface area (Å²) in [6, 6.07) is 0. The Bertz CT molecular complexity index is 176. The average molecular weight is 141 g/mol. The Hall–Kier alpha value is -0.860. The Kier molecular flexibility index (Phi) is 1.74. The molecule has 0 radical (unpaired) electrons. The fourth-order valence-electron chi connectivity index (χ4n) is 1.03. The maximum atomic E-state index is 10.9. The normalized spacial score (nSPS) is 33.8. The monoisotopic (exact) mass is 141 g/mol. The lowest BCUT2D eigenvalue weighted by molar-refractivity contribution is -0.138. The molecule has 0 saturated carbocycles. The van der Waals surface area contributed by atoms with Gasteiger partial charge in [-0.2, -0.15) is 0 Å². The highest BCUT2D eigenvalue weighted by Crippen LogP contribution is 2.18. The molecule has 3 nitrogen and oxygen atoms in total. The van der Waals surface area contributed by atoms with E-state index < -0.39 is 0 Å². The van der Waals surface area contributed by atoms with E-state index in [1.807, 2.05) is 13.8 Å². The minimum absolute atomic E-state index is 0.0160. The second-order valence-corrected chi connectivity index (χ2v) is 2.88. The summed E-state index contributed by atoms with van der Waals surface area (Å²) in [6.07, 6.45) is 0.479. The Balaban J connectivity index is 2.66. The predicted molar refractivity (Wildman–Crippen MR) is 36.1 cm³/mol. The van der Waals surface area contributed by atoms with Crippen LogP contribution in [0.3, 0.4) is 0 Å². The van der Waals surface area contributed by atoms with E-state index in [0.29, 0.717) is 6.42 Å². The average Bonchev–Trinajstić information content (AvgIpc) is 1.82. The van der Waals surface area contributed by atoms with Crippen molar-refractivity contribution in [2.24, 2.45) is 11.8 Å². The lowest BCUT2D eigenvalue weighted by atomic mass is 9.89. The largest absolute Gasteiger partial charge is 0.296 e. The van der Waals surface area contributed by atoms with Crippen molar-refractivity contribution in [2.45, 2.75) is 20.3 Å². The molecule has 0 bridgehead atoms. The predicted octanol–water partition coefficient (Wildman–Crippen LogP) is 0.305. The van der Waals surface area contributed by atoms with Crippen molar-refractivity contribution in [3.8, 4) is 0 Å². The van der Waals surface area contributed by atoms with Gasteiger partial charge < -0.3 is 0 Å². The third-order valence-electron chi connectivity index (χ3n) is 2.04. The molecule has 2 atom stereocenters. The fourth-order valence-corrected chi connectivity index (χ4v) is 1.03. The molecular formula is C7H11NO2. The van der Waals surface area contributed by atoms with Crippen LogP contribution >= 0.6 is 0 Å². The fraction of sp³-hybridized carbons (Fsp3) is 0.714. The van der Waals surface area contributed by atoms with Crippen LogP contribution in [0.4, 0.5) is 0 Å². The van der Waals surface area contributed by atoms with Crippen LogP contribution in [0.15, 0.2) is 0 Å². The minimum Gasteiger partial charge on any atom is -0.296 e. The van der Waals surface area contributed by atoms with Gasteiger partial charge in [0.05, 0.1) is 0 Å².